The topological polar surface area (TPSA) is 98.0 Å². The smallest absolute Gasteiger partial charge is 0.344 e. The van der Waals surface area contributed by atoms with E-state index in [9.17, 15) is 4.79 Å². The number of cyclic esters (lactones) is 1. The summed E-state index contributed by atoms with van der Waals surface area (Å²) in [4.78, 5) is 17.2. The summed E-state index contributed by atoms with van der Waals surface area (Å²) < 4.78 is 38.2. The minimum absolute atomic E-state index is 0.0380. The van der Waals surface area contributed by atoms with Gasteiger partial charge in [-0.3, -0.25) is 0 Å². The Balaban J connectivity index is 1.83. The van der Waals surface area contributed by atoms with Crippen LogP contribution >= 0.6 is 0 Å². The van der Waals surface area contributed by atoms with Gasteiger partial charge < -0.3 is 32.8 Å². The number of fused-ring (bicyclic) bond motifs is 3. The Hall–Kier alpha value is -3.88. The summed E-state index contributed by atoms with van der Waals surface area (Å²) in [5.41, 5.74) is 1.27. The quantitative estimate of drug-likeness (QED) is 0.604. The van der Waals surface area contributed by atoms with Crippen LogP contribution in [0.25, 0.3) is 11.0 Å². The average molecular weight is 411 g/mol. The molecule has 0 fully saturated rings. The number of ether oxygens (including phenoxy) is 6. The van der Waals surface area contributed by atoms with Gasteiger partial charge in [-0.2, -0.15) is 0 Å². The number of carbonyl (C=O) groups excluding carboxylic acids is 1. The van der Waals surface area contributed by atoms with Gasteiger partial charge in [0, 0.05) is 23.6 Å². The lowest BCUT2D eigenvalue weighted by Gasteiger charge is -2.12. The van der Waals surface area contributed by atoms with E-state index in [0.717, 1.165) is 0 Å². The maximum Gasteiger partial charge on any atom is 0.344 e. The van der Waals surface area contributed by atoms with Crippen LogP contribution in [0.2, 0.25) is 0 Å². The van der Waals surface area contributed by atoms with Gasteiger partial charge in [-0.1, -0.05) is 0 Å². The van der Waals surface area contributed by atoms with Crippen molar-refractivity contribution < 1.29 is 37.6 Å². The lowest BCUT2D eigenvalue weighted by molar-refractivity contribution is 0.0524. The minimum atomic E-state index is -0.500. The van der Waals surface area contributed by atoms with Gasteiger partial charge in [-0.15, -0.1) is 0 Å². The van der Waals surface area contributed by atoms with Gasteiger partial charge in [0.05, 0.1) is 32.4 Å². The first kappa shape index (κ1) is 18.2. The zero-order chi connectivity index (χ0) is 20.8. The Kier molecular flexibility index (Phi) is 4.16. The van der Waals surface area contributed by atoms with Crippen molar-refractivity contribution in [3.05, 3.63) is 40.9 Å². The predicted molar refractivity (Wildman–Crippen MR) is 103 cm³/mol. The van der Waals surface area contributed by atoms with E-state index in [1.54, 1.807) is 24.3 Å². The molecule has 30 heavy (non-hydrogen) atoms. The Labute approximate surface area is 170 Å². The molecule has 1 aromatic heterocycles. The molecule has 3 aromatic rings. The zero-order valence-corrected chi connectivity index (χ0v) is 16.4. The van der Waals surface area contributed by atoms with Crippen LogP contribution < -0.4 is 29.0 Å². The fourth-order valence-electron chi connectivity index (χ4n) is 3.54. The number of rotatable bonds is 4. The second-order valence-electron chi connectivity index (χ2n) is 6.52. The Morgan fingerprint density at radius 2 is 1.60 bits per heavy atom. The normalized spacial score (nSPS) is 14.6. The summed E-state index contributed by atoms with van der Waals surface area (Å²) in [6.45, 7) is 0.156. The van der Waals surface area contributed by atoms with Gasteiger partial charge in [0.2, 0.25) is 12.5 Å². The average Bonchev–Trinajstić information content (AvgIpc) is 3.37. The summed E-state index contributed by atoms with van der Waals surface area (Å²) in [7, 11) is 4.57. The van der Waals surface area contributed by atoms with Crippen molar-refractivity contribution >= 4 is 22.6 Å². The fraction of sp³-hybridized carbons (Fsp3) is 0.238. The summed E-state index contributed by atoms with van der Waals surface area (Å²) in [5.74, 6) is 2.34. The summed E-state index contributed by atoms with van der Waals surface area (Å²) in [6, 6.07) is 6.84. The first-order valence-electron chi connectivity index (χ1n) is 9.04. The highest BCUT2D eigenvalue weighted by Crippen LogP contribution is 2.41. The van der Waals surface area contributed by atoms with Crippen LogP contribution in [-0.2, 0) is 11.3 Å². The maximum atomic E-state index is 12.4. The highest BCUT2D eigenvalue weighted by atomic mass is 16.7. The molecule has 154 valence electrons. The number of carbonyl (C=O) groups is 1. The number of hydrogen-bond acceptors (Lipinski definition) is 9. The van der Waals surface area contributed by atoms with Crippen LogP contribution in [0.15, 0.2) is 33.7 Å². The second kappa shape index (κ2) is 6.87. The van der Waals surface area contributed by atoms with Gasteiger partial charge >= 0.3 is 5.97 Å². The highest BCUT2D eigenvalue weighted by molar-refractivity contribution is 5.96. The first-order valence-corrected chi connectivity index (χ1v) is 9.04. The third-order valence-electron chi connectivity index (χ3n) is 4.91. The molecule has 0 spiro atoms. The van der Waals surface area contributed by atoms with Crippen LogP contribution in [0.4, 0.5) is 5.69 Å². The van der Waals surface area contributed by atoms with Crippen molar-refractivity contribution in [2.24, 2.45) is 4.99 Å². The second-order valence-corrected chi connectivity index (χ2v) is 6.52. The molecule has 0 radical (unpaired) electrons. The largest absolute Gasteiger partial charge is 0.493 e. The summed E-state index contributed by atoms with van der Waals surface area (Å²) in [6.07, 6.45) is 0. The first-order chi connectivity index (χ1) is 14.6. The van der Waals surface area contributed by atoms with Crippen LogP contribution in [0.5, 0.6) is 28.7 Å². The van der Waals surface area contributed by atoms with E-state index in [-0.39, 0.29) is 19.0 Å². The summed E-state index contributed by atoms with van der Waals surface area (Å²) in [5, 5.41) is 0.993. The third kappa shape index (κ3) is 2.70. The summed E-state index contributed by atoms with van der Waals surface area (Å²) >= 11 is 0. The molecular weight excluding hydrogens is 394 g/mol. The van der Waals surface area contributed by atoms with Crippen LogP contribution in [-0.4, -0.2) is 34.1 Å². The lowest BCUT2D eigenvalue weighted by Crippen LogP contribution is -2.15. The Morgan fingerprint density at radius 1 is 0.900 bits per heavy atom. The van der Waals surface area contributed by atoms with E-state index in [0.29, 0.717) is 56.5 Å². The van der Waals surface area contributed by atoms with E-state index >= 15 is 0 Å². The van der Waals surface area contributed by atoms with Crippen molar-refractivity contribution in [1.82, 2.24) is 0 Å². The van der Waals surface area contributed by atoms with Crippen molar-refractivity contribution in [1.29, 1.82) is 0 Å². The minimum Gasteiger partial charge on any atom is -0.493 e. The molecule has 0 amide bonds. The Morgan fingerprint density at radius 3 is 2.27 bits per heavy atom. The van der Waals surface area contributed by atoms with Crippen molar-refractivity contribution in [3.63, 3.8) is 0 Å². The number of methoxy groups -OCH3 is 3. The van der Waals surface area contributed by atoms with Crippen LogP contribution in [0, 0.1) is 0 Å². The van der Waals surface area contributed by atoms with Gasteiger partial charge in [0.15, 0.2) is 35.4 Å². The van der Waals surface area contributed by atoms with Gasteiger partial charge in [0.25, 0.3) is 0 Å². The molecule has 9 nitrogen and oxygen atoms in total. The maximum absolute atomic E-state index is 12.4. The van der Waals surface area contributed by atoms with E-state index in [1.807, 2.05) is 0 Å². The monoisotopic (exact) mass is 411 g/mol. The third-order valence-corrected chi connectivity index (χ3v) is 4.91. The molecule has 9 heteroatoms. The van der Waals surface area contributed by atoms with E-state index < -0.39 is 5.97 Å². The van der Waals surface area contributed by atoms with Crippen LogP contribution in [0.1, 0.15) is 16.1 Å². The molecule has 5 rings (SSSR count). The predicted octanol–water partition coefficient (Wildman–Crippen LogP) is 3.09. The van der Waals surface area contributed by atoms with E-state index in [2.05, 4.69) is 0 Å². The lowest BCUT2D eigenvalue weighted by atomic mass is 10.1. The van der Waals surface area contributed by atoms with Crippen LogP contribution in [0.3, 0.4) is 0 Å². The molecule has 2 aliphatic rings. The molecule has 0 N–H and O–H groups in total. The van der Waals surface area contributed by atoms with Crippen molar-refractivity contribution in [2.75, 3.05) is 28.1 Å². The molecule has 0 unspecified atom stereocenters. The van der Waals surface area contributed by atoms with Gasteiger partial charge in [0.1, 0.15) is 11.1 Å². The molecule has 0 atom stereocenters. The number of nitrogens with zero attached hydrogens (tertiary/aromatic N) is 1. The molecular formula is C21H17NO8. The standard InChI is InChI=1S/C21H17NO8/c1-24-15-4-10(5-16(25-2)20(15)26-3)22-19-11-6-13-14(29-9-28-13)7-12(11)30-17-8-27-21(23)18(17)19/h4-7H,8-9H2,1-3H3. The molecule has 0 saturated heterocycles. The fourth-order valence-corrected chi connectivity index (χ4v) is 3.54. The molecule has 3 heterocycles. The van der Waals surface area contributed by atoms with Crippen molar-refractivity contribution in [3.8, 4) is 28.7 Å². The molecule has 2 aliphatic heterocycles. The number of esters is 1. The SMILES string of the molecule is COc1cc(N=c2c3c(oc4cc5c(cc24)OCO5)COC3=O)cc(OC)c1OC. The van der Waals surface area contributed by atoms with Gasteiger partial charge in [-0.25, -0.2) is 9.79 Å². The molecule has 0 saturated carbocycles. The molecule has 0 bridgehead atoms. The van der Waals surface area contributed by atoms with E-state index in [1.165, 1.54) is 21.3 Å². The Bertz CT molecular complexity index is 1240. The van der Waals surface area contributed by atoms with Gasteiger partial charge in [-0.05, 0) is 6.07 Å². The number of benzene rings is 2. The highest BCUT2D eigenvalue weighted by Gasteiger charge is 2.29. The molecule has 0 aliphatic carbocycles. The molecule has 2 aromatic carbocycles. The zero-order valence-electron chi connectivity index (χ0n) is 16.4. The van der Waals surface area contributed by atoms with E-state index in [4.69, 9.17) is 37.8 Å². The van der Waals surface area contributed by atoms with Crippen molar-refractivity contribution in [2.45, 2.75) is 6.61 Å². The number of hydrogen-bond donors (Lipinski definition) is 0.